The summed E-state index contributed by atoms with van der Waals surface area (Å²) in [4.78, 5) is 19.9. The smallest absolute Gasteiger partial charge is 0.254 e. The van der Waals surface area contributed by atoms with Crippen LogP contribution >= 0.6 is 70.5 Å². The molecule has 0 aliphatic rings. The van der Waals surface area contributed by atoms with Gasteiger partial charge in [0.15, 0.2) is 11.6 Å². The van der Waals surface area contributed by atoms with Crippen LogP contribution in [0.5, 0.6) is 5.75 Å². The van der Waals surface area contributed by atoms with Crippen LogP contribution in [0.1, 0.15) is 20.4 Å². The number of amides is 1. The molecule has 5 nitrogen and oxygen atoms in total. The van der Waals surface area contributed by atoms with Crippen molar-refractivity contribution in [3.63, 3.8) is 0 Å². The maximum atomic E-state index is 14.1. The summed E-state index contributed by atoms with van der Waals surface area (Å²) in [6.07, 6.45) is 0. The van der Waals surface area contributed by atoms with Crippen LogP contribution in [0.25, 0.3) is 20.4 Å². The number of thiazole rings is 2. The van der Waals surface area contributed by atoms with E-state index in [1.54, 1.807) is 11.3 Å². The molecule has 1 amide bonds. The van der Waals surface area contributed by atoms with Crippen LogP contribution in [0, 0.1) is 11.6 Å². The number of rotatable bonds is 5. The maximum Gasteiger partial charge on any atom is 0.254 e. The molecule has 2 aromatic heterocycles. The van der Waals surface area contributed by atoms with Crippen LogP contribution in [-0.2, 0) is 11.9 Å². The number of aromatic nitrogens is 2. The van der Waals surface area contributed by atoms with E-state index in [4.69, 9.17) is 10.5 Å². The van der Waals surface area contributed by atoms with Gasteiger partial charge in [0.1, 0.15) is 28.0 Å². The summed E-state index contributed by atoms with van der Waals surface area (Å²) >= 11 is 13.3. The van der Waals surface area contributed by atoms with Crippen LogP contribution in [0.2, 0.25) is 0 Å². The van der Waals surface area contributed by atoms with Crippen molar-refractivity contribution in [3.8, 4) is 5.75 Å². The number of alkyl halides is 1. The Bertz CT molecular complexity index is 1540. The lowest BCUT2D eigenvalue weighted by Crippen LogP contribution is -2.16. The van der Waals surface area contributed by atoms with Crippen molar-refractivity contribution in [2.75, 3.05) is 0 Å². The number of hydrogen-bond donors (Lipinski definition) is 1. The second-order valence-corrected chi connectivity index (χ2v) is 11.6. The average molecular weight is 706 g/mol. The Labute approximate surface area is 231 Å². The molecule has 0 fully saturated rings. The molecule has 5 aromatic rings. The van der Waals surface area contributed by atoms with Gasteiger partial charge in [-0.15, -0.1) is 22.7 Å². The molecule has 2 heterocycles. The second kappa shape index (κ2) is 11.4. The van der Waals surface area contributed by atoms with Gasteiger partial charge >= 0.3 is 0 Å². The maximum absolute atomic E-state index is 14.1. The Balaban J connectivity index is 0.000000201. The molecule has 0 bridgehead atoms. The van der Waals surface area contributed by atoms with Gasteiger partial charge in [-0.2, -0.15) is 0 Å². The van der Waals surface area contributed by atoms with Gasteiger partial charge in [0.2, 0.25) is 0 Å². The number of ether oxygens (including phenoxy) is 1. The van der Waals surface area contributed by atoms with Gasteiger partial charge in [-0.1, -0.05) is 47.8 Å². The normalized spacial score (nSPS) is 10.9. The summed E-state index contributed by atoms with van der Waals surface area (Å²) < 4.78 is 37.0. The first-order valence-corrected chi connectivity index (χ1v) is 14.2. The van der Waals surface area contributed by atoms with Crippen LogP contribution in [0.15, 0.2) is 57.5 Å². The number of halogens is 5. The van der Waals surface area contributed by atoms with E-state index in [0.717, 1.165) is 47.1 Å². The van der Waals surface area contributed by atoms with Crippen LogP contribution in [0.3, 0.4) is 0 Å². The van der Waals surface area contributed by atoms with Gasteiger partial charge in [0.05, 0.1) is 25.8 Å². The van der Waals surface area contributed by atoms with E-state index in [-0.39, 0.29) is 12.4 Å². The third-order valence-corrected chi connectivity index (χ3v) is 8.49. The molecule has 0 spiro atoms. The van der Waals surface area contributed by atoms with Crippen molar-refractivity contribution in [2.45, 2.75) is 11.9 Å². The van der Waals surface area contributed by atoms with Crippen molar-refractivity contribution in [1.82, 2.24) is 9.97 Å². The fraction of sp³-hybridized carbons (Fsp3) is 0.0870. The van der Waals surface area contributed by atoms with Gasteiger partial charge in [-0.25, -0.2) is 18.7 Å². The zero-order valence-electron chi connectivity index (χ0n) is 17.5. The van der Waals surface area contributed by atoms with E-state index in [9.17, 15) is 13.6 Å². The first-order valence-electron chi connectivity index (χ1n) is 9.81. The van der Waals surface area contributed by atoms with E-state index in [2.05, 4.69) is 63.8 Å². The Kier molecular flexibility index (Phi) is 8.48. The molecule has 0 aliphatic heterocycles. The standard InChI is InChI=1S/C15H9BrF2N2O2S.C8H5Br2NS/c16-7-1-4-11-9(5-7)20-12(23-11)6-22-10-3-2-8(17)13(14(10)18)15(19)21;9-4-8-11-6-3-5(10)1-2-7(6)12-8/h1-5H,6H2,(H2,19,21);1-3H,4H2. The number of carbonyl (C=O) groups is 1. The Morgan fingerprint density at radius 1 is 0.914 bits per heavy atom. The van der Waals surface area contributed by atoms with E-state index >= 15 is 0 Å². The summed E-state index contributed by atoms with van der Waals surface area (Å²) in [6.45, 7) is -0.00226. The summed E-state index contributed by atoms with van der Waals surface area (Å²) in [5.74, 6) is -3.57. The molecule has 35 heavy (non-hydrogen) atoms. The molecule has 12 heteroatoms. The fourth-order valence-electron chi connectivity index (χ4n) is 3.03. The Morgan fingerprint density at radius 3 is 2.06 bits per heavy atom. The molecule has 0 atom stereocenters. The van der Waals surface area contributed by atoms with Crippen molar-refractivity contribution in [3.05, 3.63) is 84.7 Å². The molecule has 3 aromatic carbocycles. The van der Waals surface area contributed by atoms with Crippen LogP contribution in [0.4, 0.5) is 8.78 Å². The molecule has 0 saturated carbocycles. The minimum atomic E-state index is -1.18. The molecule has 0 unspecified atom stereocenters. The molecular weight excluding hydrogens is 692 g/mol. The van der Waals surface area contributed by atoms with Gasteiger partial charge in [-0.05, 0) is 48.5 Å². The summed E-state index contributed by atoms with van der Waals surface area (Å²) in [5.41, 5.74) is 6.02. The van der Waals surface area contributed by atoms with E-state index in [1.165, 1.54) is 16.0 Å². The van der Waals surface area contributed by atoms with E-state index in [0.29, 0.717) is 5.01 Å². The quantitative estimate of drug-likeness (QED) is 0.188. The fourth-order valence-corrected chi connectivity index (χ4v) is 5.85. The molecule has 2 N–H and O–H groups in total. The number of benzene rings is 3. The molecule has 0 aliphatic carbocycles. The minimum Gasteiger partial charge on any atom is -0.483 e. The lowest BCUT2D eigenvalue weighted by Gasteiger charge is -2.08. The number of hydrogen-bond acceptors (Lipinski definition) is 6. The lowest BCUT2D eigenvalue weighted by molar-refractivity contribution is 0.0991. The van der Waals surface area contributed by atoms with Crippen molar-refractivity contribution >= 4 is 96.8 Å². The first-order chi connectivity index (χ1) is 16.7. The van der Waals surface area contributed by atoms with E-state index < -0.39 is 23.1 Å². The SMILES string of the molecule is BrCc1nc2cc(Br)ccc2s1.NC(=O)c1c(F)ccc(OCc2nc3cc(Br)ccc3s2)c1F. The van der Waals surface area contributed by atoms with Gasteiger partial charge in [0, 0.05) is 8.95 Å². The summed E-state index contributed by atoms with van der Waals surface area (Å²) in [5, 5.41) is 2.59. The highest BCUT2D eigenvalue weighted by Gasteiger charge is 2.19. The molecule has 0 saturated heterocycles. The Morgan fingerprint density at radius 2 is 1.49 bits per heavy atom. The predicted molar refractivity (Wildman–Crippen MR) is 146 cm³/mol. The van der Waals surface area contributed by atoms with Crippen molar-refractivity contribution in [2.24, 2.45) is 5.73 Å². The largest absolute Gasteiger partial charge is 0.483 e. The highest BCUT2D eigenvalue weighted by Crippen LogP contribution is 2.28. The number of carbonyl (C=O) groups excluding carboxylic acids is 1. The molecule has 5 rings (SSSR count). The third-order valence-electron chi connectivity index (χ3n) is 4.56. The minimum absolute atomic E-state index is 0.00226. The molecular formula is C23H14Br3F2N3O2S2. The number of nitrogens with two attached hydrogens (primary N) is 1. The Hall–Kier alpha value is -1.99. The summed E-state index contributed by atoms with van der Waals surface area (Å²) in [7, 11) is 0. The van der Waals surface area contributed by atoms with Crippen molar-refractivity contribution < 1.29 is 18.3 Å². The summed E-state index contributed by atoms with van der Waals surface area (Å²) in [6, 6.07) is 13.9. The molecule has 0 radical (unpaired) electrons. The first kappa shape index (κ1) is 26.1. The zero-order chi connectivity index (χ0) is 25.1. The van der Waals surface area contributed by atoms with Crippen molar-refractivity contribution in [1.29, 1.82) is 0 Å². The number of nitrogens with zero attached hydrogens (tertiary/aromatic N) is 2. The number of primary amides is 1. The lowest BCUT2D eigenvalue weighted by atomic mass is 10.2. The average Bonchev–Trinajstić information content (AvgIpc) is 3.41. The highest BCUT2D eigenvalue weighted by molar-refractivity contribution is 9.10. The number of fused-ring (bicyclic) bond motifs is 2. The topological polar surface area (TPSA) is 78.1 Å². The van der Waals surface area contributed by atoms with Crippen LogP contribution < -0.4 is 10.5 Å². The predicted octanol–water partition coefficient (Wildman–Crippen LogP) is 7.97. The molecule has 180 valence electrons. The zero-order valence-corrected chi connectivity index (χ0v) is 23.9. The van der Waals surface area contributed by atoms with Gasteiger partial charge in [-0.3, -0.25) is 4.79 Å². The highest BCUT2D eigenvalue weighted by atomic mass is 79.9. The van der Waals surface area contributed by atoms with Crippen LogP contribution in [-0.4, -0.2) is 15.9 Å². The van der Waals surface area contributed by atoms with Gasteiger partial charge < -0.3 is 10.5 Å². The monoisotopic (exact) mass is 703 g/mol. The van der Waals surface area contributed by atoms with E-state index in [1.807, 2.05) is 30.3 Å². The third kappa shape index (κ3) is 6.23. The second-order valence-electron chi connectivity index (χ2n) is 6.96. The van der Waals surface area contributed by atoms with Gasteiger partial charge in [0.25, 0.3) is 5.91 Å².